The van der Waals surface area contributed by atoms with Crippen LogP contribution < -0.4 is 10.6 Å². The molecule has 184 valence electrons. The molecule has 0 aromatic carbocycles. The number of amides is 2. The zero-order valence-electron chi connectivity index (χ0n) is 18.9. The van der Waals surface area contributed by atoms with Crippen LogP contribution in [0.15, 0.2) is 35.0 Å². The second-order valence-corrected chi connectivity index (χ2v) is 9.64. The van der Waals surface area contributed by atoms with Crippen LogP contribution in [0.2, 0.25) is 10.0 Å². The fourth-order valence-corrected chi connectivity index (χ4v) is 4.98. The van der Waals surface area contributed by atoms with Crippen LogP contribution in [0.4, 0.5) is 11.5 Å². The van der Waals surface area contributed by atoms with Gasteiger partial charge in [0.1, 0.15) is 17.0 Å². The molecule has 35 heavy (non-hydrogen) atoms. The Morgan fingerprint density at radius 3 is 2.43 bits per heavy atom. The highest BCUT2D eigenvalue weighted by Crippen LogP contribution is 2.34. The van der Waals surface area contributed by atoms with Gasteiger partial charge in [0.25, 0.3) is 5.91 Å². The Morgan fingerprint density at radius 1 is 0.971 bits per heavy atom. The fraction of sp³-hybridized carbons (Fsp3) is 0.417. The Morgan fingerprint density at radius 2 is 1.71 bits per heavy atom. The lowest BCUT2D eigenvalue weighted by atomic mass is 9.84. The SMILES string of the molecule is O=C(Nc1ccc(Cl)cn1)c1oc2cc(Cl)cnc2c1NC(=O)C1CCC(N2CCOCC2)CC1. The highest BCUT2D eigenvalue weighted by Gasteiger charge is 2.32. The van der Waals surface area contributed by atoms with Gasteiger partial charge in [-0.05, 0) is 37.8 Å². The molecule has 5 rings (SSSR count). The van der Waals surface area contributed by atoms with Crippen LogP contribution in [0.5, 0.6) is 0 Å². The van der Waals surface area contributed by atoms with Gasteiger partial charge in [0.2, 0.25) is 11.7 Å². The Bertz CT molecular complexity index is 1220. The molecule has 2 amide bonds. The first-order chi connectivity index (χ1) is 17.0. The lowest BCUT2D eigenvalue weighted by molar-refractivity contribution is -0.121. The van der Waals surface area contributed by atoms with E-state index >= 15 is 0 Å². The van der Waals surface area contributed by atoms with Gasteiger partial charge in [-0.25, -0.2) is 9.97 Å². The van der Waals surface area contributed by atoms with Gasteiger partial charge in [-0.3, -0.25) is 14.5 Å². The zero-order chi connectivity index (χ0) is 24.4. The molecule has 3 aromatic rings. The lowest BCUT2D eigenvalue weighted by Crippen LogP contribution is -2.45. The van der Waals surface area contributed by atoms with Crippen LogP contribution >= 0.6 is 23.2 Å². The topological polar surface area (TPSA) is 110 Å². The fourth-order valence-electron chi connectivity index (χ4n) is 4.72. The van der Waals surface area contributed by atoms with Crippen LogP contribution in [-0.2, 0) is 9.53 Å². The number of furan rings is 1. The number of ether oxygens (including phenoxy) is 1. The summed E-state index contributed by atoms with van der Waals surface area (Å²) in [5.41, 5.74) is 0.889. The molecule has 2 N–H and O–H groups in total. The Kier molecular flexibility index (Phi) is 7.19. The van der Waals surface area contributed by atoms with Crippen molar-refractivity contribution in [1.29, 1.82) is 0 Å². The number of carbonyl (C=O) groups excluding carboxylic acids is 2. The number of nitrogens with zero attached hydrogens (tertiary/aromatic N) is 3. The maximum Gasteiger partial charge on any atom is 0.294 e. The first-order valence-corrected chi connectivity index (χ1v) is 12.4. The highest BCUT2D eigenvalue weighted by molar-refractivity contribution is 6.31. The Hall–Kier alpha value is -2.72. The molecule has 1 aliphatic carbocycles. The summed E-state index contributed by atoms with van der Waals surface area (Å²) in [6.07, 6.45) is 6.33. The molecule has 4 heterocycles. The maximum atomic E-state index is 13.2. The molecular formula is C24H25Cl2N5O4. The predicted octanol–water partition coefficient (Wildman–Crippen LogP) is 4.61. The molecule has 0 unspecified atom stereocenters. The van der Waals surface area contributed by atoms with Crippen molar-refractivity contribution in [3.63, 3.8) is 0 Å². The summed E-state index contributed by atoms with van der Waals surface area (Å²) < 4.78 is 11.2. The zero-order valence-corrected chi connectivity index (χ0v) is 20.4. The molecule has 0 atom stereocenters. The number of hydrogen-bond acceptors (Lipinski definition) is 7. The first kappa shape index (κ1) is 24.0. The standard InChI is InChI=1S/C24H25Cl2N5O4/c25-15-3-6-19(27-12-15)29-24(33)22-21(20-18(35-22)11-16(26)13-28-20)30-23(32)14-1-4-17(5-2-14)31-7-9-34-10-8-31/h3,6,11-14,17H,1-2,4-5,7-10H2,(H,30,32)(H,27,29,33). The smallest absolute Gasteiger partial charge is 0.294 e. The molecule has 11 heteroatoms. The van der Waals surface area contributed by atoms with E-state index in [0.29, 0.717) is 33.0 Å². The van der Waals surface area contributed by atoms with Gasteiger partial charge in [0.15, 0.2) is 5.58 Å². The second-order valence-electron chi connectivity index (χ2n) is 8.77. The van der Waals surface area contributed by atoms with Crippen LogP contribution in [0.1, 0.15) is 36.2 Å². The molecule has 0 spiro atoms. The van der Waals surface area contributed by atoms with E-state index in [4.69, 9.17) is 32.4 Å². The summed E-state index contributed by atoms with van der Waals surface area (Å²) >= 11 is 11.9. The number of anilines is 2. The van der Waals surface area contributed by atoms with Gasteiger partial charge < -0.3 is 19.8 Å². The summed E-state index contributed by atoms with van der Waals surface area (Å²) in [7, 11) is 0. The second kappa shape index (κ2) is 10.5. The molecule has 0 bridgehead atoms. The van der Waals surface area contributed by atoms with Gasteiger partial charge in [-0.1, -0.05) is 23.2 Å². The van der Waals surface area contributed by atoms with E-state index in [2.05, 4.69) is 25.5 Å². The summed E-state index contributed by atoms with van der Waals surface area (Å²) in [4.78, 5) is 37.1. The minimum Gasteiger partial charge on any atom is -0.447 e. The van der Waals surface area contributed by atoms with Crippen molar-refractivity contribution in [3.05, 3.63) is 46.4 Å². The molecule has 1 saturated carbocycles. The van der Waals surface area contributed by atoms with E-state index in [0.717, 1.165) is 52.0 Å². The molecule has 2 fully saturated rings. The minimum atomic E-state index is -0.569. The third-order valence-corrected chi connectivity index (χ3v) is 6.98. The van der Waals surface area contributed by atoms with Crippen LogP contribution in [0.3, 0.4) is 0 Å². The maximum absolute atomic E-state index is 13.2. The van der Waals surface area contributed by atoms with Crippen LogP contribution in [0.25, 0.3) is 11.1 Å². The molecule has 3 aromatic heterocycles. The van der Waals surface area contributed by atoms with Gasteiger partial charge in [0.05, 0.1) is 23.3 Å². The van der Waals surface area contributed by atoms with Crippen molar-refractivity contribution >= 4 is 57.6 Å². The molecule has 1 saturated heterocycles. The molecule has 2 aliphatic rings. The van der Waals surface area contributed by atoms with E-state index < -0.39 is 5.91 Å². The number of halogens is 2. The van der Waals surface area contributed by atoms with Crippen LogP contribution in [0, 0.1) is 5.92 Å². The monoisotopic (exact) mass is 517 g/mol. The van der Waals surface area contributed by atoms with Crippen molar-refractivity contribution in [2.75, 3.05) is 36.9 Å². The molecular weight excluding hydrogens is 493 g/mol. The van der Waals surface area contributed by atoms with E-state index in [-0.39, 0.29) is 23.3 Å². The third-order valence-electron chi connectivity index (χ3n) is 6.55. The number of hydrogen-bond donors (Lipinski definition) is 2. The van der Waals surface area contributed by atoms with Crippen molar-refractivity contribution in [2.24, 2.45) is 5.92 Å². The largest absolute Gasteiger partial charge is 0.447 e. The number of nitrogens with one attached hydrogen (secondary N) is 2. The van der Waals surface area contributed by atoms with Crippen LogP contribution in [-0.4, -0.2) is 59.0 Å². The van der Waals surface area contributed by atoms with Gasteiger partial charge in [-0.15, -0.1) is 0 Å². The summed E-state index contributed by atoms with van der Waals surface area (Å²) in [5.74, 6) is -0.645. The summed E-state index contributed by atoms with van der Waals surface area (Å²) in [6, 6.07) is 5.22. The number of rotatable bonds is 5. The normalized spacial score (nSPS) is 21.1. The number of pyridine rings is 2. The van der Waals surface area contributed by atoms with E-state index in [1.165, 1.54) is 12.4 Å². The van der Waals surface area contributed by atoms with E-state index in [1.54, 1.807) is 18.2 Å². The van der Waals surface area contributed by atoms with Crippen molar-refractivity contribution in [2.45, 2.75) is 31.7 Å². The van der Waals surface area contributed by atoms with Gasteiger partial charge in [-0.2, -0.15) is 0 Å². The predicted molar refractivity (Wildman–Crippen MR) is 133 cm³/mol. The van der Waals surface area contributed by atoms with E-state index in [1.807, 2.05) is 0 Å². The minimum absolute atomic E-state index is 0.0677. The summed E-state index contributed by atoms with van der Waals surface area (Å²) in [5, 5.41) is 6.39. The van der Waals surface area contributed by atoms with Gasteiger partial charge >= 0.3 is 0 Å². The van der Waals surface area contributed by atoms with Crippen molar-refractivity contribution in [3.8, 4) is 0 Å². The number of fused-ring (bicyclic) bond motifs is 1. The number of carbonyl (C=O) groups is 2. The Labute approximate surface area is 212 Å². The molecule has 9 nitrogen and oxygen atoms in total. The van der Waals surface area contributed by atoms with Gasteiger partial charge in [0, 0.05) is 43.5 Å². The number of morpholine rings is 1. The Balaban J connectivity index is 1.32. The molecule has 0 radical (unpaired) electrons. The quantitative estimate of drug-likeness (QED) is 0.508. The van der Waals surface area contributed by atoms with Crippen molar-refractivity contribution < 1.29 is 18.7 Å². The van der Waals surface area contributed by atoms with Crippen molar-refractivity contribution in [1.82, 2.24) is 14.9 Å². The molecule has 1 aliphatic heterocycles. The first-order valence-electron chi connectivity index (χ1n) is 11.6. The van der Waals surface area contributed by atoms with E-state index in [9.17, 15) is 9.59 Å². The number of aromatic nitrogens is 2. The third kappa shape index (κ3) is 5.43. The average molecular weight is 518 g/mol. The highest BCUT2D eigenvalue weighted by atomic mass is 35.5. The lowest BCUT2D eigenvalue weighted by Gasteiger charge is -2.38. The summed E-state index contributed by atoms with van der Waals surface area (Å²) in [6.45, 7) is 3.41. The average Bonchev–Trinajstić information content (AvgIpc) is 3.23.